The van der Waals surface area contributed by atoms with Crippen molar-refractivity contribution in [2.24, 2.45) is 0 Å². The maximum absolute atomic E-state index is 12.4. The van der Waals surface area contributed by atoms with E-state index >= 15 is 0 Å². The van der Waals surface area contributed by atoms with Crippen molar-refractivity contribution in [2.45, 2.75) is 12.3 Å². The molecule has 2 heterocycles. The zero-order valence-electron chi connectivity index (χ0n) is 9.08. The predicted molar refractivity (Wildman–Crippen MR) is 67.6 cm³/mol. The Kier molecular flexibility index (Phi) is 4.06. The first-order chi connectivity index (χ1) is 8.79. The second kappa shape index (κ2) is 5.28. The normalized spacial score (nSPS) is 13.6. The van der Waals surface area contributed by atoms with Crippen LogP contribution in [-0.4, -0.2) is 10.1 Å². The van der Waals surface area contributed by atoms with Crippen molar-refractivity contribution in [1.82, 2.24) is 4.98 Å². The summed E-state index contributed by atoms with van der Waals surface area (Å²) in [7, 11) is 0. The number of pyridine rings is 1. The lowest BCUT2D eigenvalue weighted by Crippen LogP contribution is -2.09. The number of rotatable bonds is 2. The molecule has 0 aliphatic rings. The van der Waals surface area contributed by atoms with Crippen LogP contribution in [0.1, 0.15) is 22.2 Å². The SMILES string of the molecule is OC(c1cc(Cl)cs1)c1ccc(C(F)(F)F)nc1Cl. The molecule has 102 valence electrons. The lowest BCUT2D eigenvalue weighted by Gasteiger charge is -2.12. The highest BCUT2D eigenvalue weighted by Crippen LogP contribution is 2.35. The van der Waals surface area contributed by atoms with Crippen molar-refractivity contribution in [3.63, 3.8) is 0 Å². The molecule has 0 saturated carbocycles. The second-order valence-electron chi connectivity index (χ2n) is 3.64. The van der Waals surface area contributed by atoms with Crippen molar-refractivity contribution in [3.05, 3.63) is 49.9 Å². The van der Waals surface area contributed by atoms with Crippen molar-refractivity contribution in [3.8, 4) is 0 Å². The van der Waals surface area contributed by atoms with Gasteiger partial charge >= 0.3 is 6.18 Å². The van der Waals surface area contributed by atoms with Crippen molar-refractivity contribution in [1.29, 1.82) is 0 Å². The van der Waals surface area contributed by atoms with E-state index in [0.29, 0.717) is 9.90 Å². The van der Waals surface area contributed by atoms with E-state index in [0.717, 1.165) is 12.1 Å². The Hall–Kier alpha value is -0.820. The molecule has 1 N–H and O–H groups in total. The van der Waals surface area contributed by atoms with Gasteiger partial charge < -0.3 is 5.11 Å². The highest BCUT2D eigenvalue weighted by atomic mass is 35.5. The van der Waals surface area contributed by atoms with Crippen LogP contribution in [0.2, 0.25) is 10.2 Å². The molecule has 19 heavy (non-hydrogen) atoms. The summed E-state index contributed by atoms with van der Waals surface area (Å²) in [6, 6.07) is 3.40. The zero-order chi connectivity index (χ0) is 14.2. The fraction of sp³-hybridized carbons (Fsp3) is 0.182. The summed E-state index contributed by atoms with van der Waals surface area (Å²) in [5.41, 5.74) is -0.995. The minimum absolute atomic E-state index is 0.105. The molecule has 0 aromatic carbocycles. The monoisotopic (exact) mass is 327 g/mol. The van der Waals surface area contributed by atoms with Crippen LogP contribution in [-0.2, 0) is 6.18 Å². The molecule has 0 aliphatic heterocycles. The molecule has 1 unspecified atom stereocenters. The van der Waals surface area contributed by atoms with E-state index in [2.05, 4.69) is 4.98 Å². The van der Waals surface area contributed by atoms with Gasteiger partial charge in [0.2, 0.25) is 0 Å². The summed E-state index contributed by atoms with van der Waals surface area (Å²) >= 11 is 12.6. The molecular formula is C11H6Cl2F3NOS. The van der Waals surface area contributed by atoms with Gasteiger partial charge in [-0.2, -0.15) is 13.2 Å². The number of alkyl halides is 3. The van der Waals surface area contributed by atoms with Gasteiger partial charge in [-0.15, -0.1) is 11.3 Å². The molecule has 0 aliphatic carbocycles. The molecule has 0 fully saturated rings. The maximum atomic E-state index is 12.4. The third-order valence-corrected chi connectivity index (χ3v) is 3.96. The second-order valence-corrected chi connectivity index (χ2v) is 5.38. The summed E-state index contributed by atoms with van der Waals surface area (Å²) in [5, 5.41) is 11.7. The summed E-state index contributed by atoms with van der Waals surface area (Å²) in [6.45, 7) is 0. The molecular weight excluding hydrogens is 322 g/mol. The third-order valence-electron chi connectivity index (χ3n) is 2.32. The van der Waals surface area contributed by atoms with E-state index in [1.165, 1.54) is 17.4 Å². The van der Waals surface area contributed by atoms with Gasteiger partial charge in [-0.3, -0.25) is 0 Å². The van der Waals surface area contributed by atoms with E-state index in [9.17, 15) is 18.3 Å². The predicted octanol–water partition coefficient (Wildman–Crippen LogP) is 4.55. The summed E-state index contributed by atoms with van der Waals surface area (Å²) < 4.78 is 37.3. The Morgan fingerprint density at radius 1 is 1.26 bits per heavy atom. The topological polar surface area (TPSA) is 33.1 Å². The molecule has 0 saturated heterocycles. The average molecular weight is 328 g/mol. The molecule has 2 rings (SSSR count). The van der Waals surface area contributed by atoms with E-state index in [4.69, 9.17) is 23.2 Å². The van der Waals surface area contributed by atoms with Crippen molar-refractivity contribution < 1.29 is 18.3 Å². The van der Waals surface area contributed by atoms with Gasteiger partial charge in [-0.1, -0.05) is 29.3 Å². The van der Waals surface area contributed by atoms with Crippen LogP contribution in [0.3, 0.4) is 0 Å². The first-order valence-corrected chi connectivity index (χ1v) is 6.58. The summed E-state index contributed by atoms with van der Waals surface area (Å²) in [4.78, 5) is 3.73. The van der Waals surface area contributed by atoms with Gasteiger partial charge in [-0.25, -0.2) is 4.98 Å². The molecule has 0 radical (unpaired) electrons. The Bertz CT molecular complexity index is 600. The number of hydrogen-bond donors (Lipinski definition) is 1. The summed E-state index contributed by atoms with van der Waals surface area (Å²) in [5.74, 6) is 0. The van der Waals surface area contributed by atoms with Crippen LogP contribution < -0.4 is 0 Å². The van der Waals surface area contributed by atoms with E-state index in [-0.39, 0.29) is 10.7 Å². The van der Waals surface area contributed by atoms with Crippen LogP contribution in [0.25, 0.3) is 0 Å². The number of nitrogens with zero attached hydrogens (tertiary/aromatic N) is 1. The van der Waals surface area contributed by atoms with Crippen molar-refractivity contribution in [2.75, 3.05) is 0 Å². The van der Waals surface area contributed by atoms with Crippen LogP contribution in [0.4, 0.5) is 13.2 Å². The molecule has 0 amide bonds. The van der Waals surface area contributed by atoms with Gasteiger partial charge in [0.25, 0.3) is 0 Å². The minimum Gasteiger partial charge on any atom is -0.383 e. The van der Waals surface area contributed by atoms with Gasteiger partial charge in [0.1, 0.15) is 17.0 Å². The van der Waals surface area contributed by atoms with Crippen LogP contribution in [0.15, 0.2) is 23.6 Å². The first-order valence-electron chi connectivity index (χ1n) is 4.94. The number of thiophene rings is 1. The standard InChI is InChI=1S/C11H6Cl2F3NOS/c12-5-3-7(19-4-5)9(18)6-1-2-8(11(14,15)16)17-10(6)13/h1-4,9,18H. The Morgan fingerprint density at radius 2 is 1.95 bits per heavy atom. The highest BCUT2D eigenvalue weighted by molar-refractivity contribution is 7.10. The van der Waals surface area contributed by atoms with E-state index in [1.54, 1.807) is 5.38 Å². The minimum atomic E-state index is -4.57. The lowest BCUT2D eigenvalue weighted by molar-refractivity contribution is -0.141. The molecule has 0 bridgehead atoms. The fourth-order valence-electron chi connectivity index (χ4n) is 1.43. The number of aliphatic hydroxyl groups excluding tert-OH is 1. The van der Waals surface area contributed by atoms with E-state index in [1.807, 2.05) is 0 Å². The van der Waals surface area contributed by atoms with Gasteiger partial charge in [-0.05, 0) is 12.1 Å². The van der Waals surface area contributed by atoms with Gasteiger partial charge in [0.05, 0.1) is 5.02 Å². The molecule has 0 spiro atoms. The molecule has 8 heteroatoms. The number of aromatic nitrogens is 1. The molecule has 2 aromatic heterocycles. The zero-order valence-corrected chi connectivity index (χ0v) is 11.4. The van der Waals surface area contributed by atoms with E-state index < -0.39 is 18.0 Å². The van der Waals surface area contributed by atoms with Gasteiger partial charge in [0.15, 0.2) is 0 Å². The molecule has 1 atom stereocenters. The Morgan fingerprint density at radius 3 is 2.42 bits per heavy atom. The van der Waals surface area contributed by atoms with Crippen LogP contribution in [0, 0.1) is 0 Å². The Balaban J connectivity index is 2.36. The lowest BCUT2D eigenvalue weighted by atomic mass is 10.1. The third kappa shape index (κ3) is 3.20. The van der Waals surface area contributed by atoms with Gasteiger partial charge in [0, 0.05) is 15.8 Å². The number of aliphatic hydroxyl groups is 1. The smallest absolute Gasteiger partial charge is 0.383 e. The number of halogens is 5. The highest BCUT2D eigenvalue weighted by Gasteiger charge is 2.33. The van der Waals surface area contributed by atoms with Crippen molar-refractivity contribution >= 4 is 34.5 Å². The first kappa shape index (κ1) is 14.6. The number of hydrogen-bond acceptors (Lipinski definition) is 3. The molecule has 2 nitrogen and oxygen atoms in total. The summed E-state index contributed by atoms with van der Waals surface area (Å²) in [6.07, 6.45) is -5.72. The quantitative estimate of drug-likeness (QED) is 0.821. The molecule has 2 aromatic rings. The van der Waals surface area contributed by atoms with Crippen LogP contribution in [0.5, 0.6) is 0 Å². The Labute approximate surface area is 120 Å². The largest absolute Gasteiger partial charge is 0.433 e. The fourth-order valence-corrected chi connectivity index (χ4v) is 2.77. The van der Waals surface area contributed by atoms with Crippen LogP contribution >= 0.6 is 34.5 Å². The average Bonchev–Trinajstić information content (AvgIpc) is 2.73. The maximum Gasteiger partial charge on any atom is 0.433 e.